The molecule has 0 aromatic heterocycles. The summed E-state index contributed by atoms with van der Waals surface area (Å²) in [5, 5.41) is 7.86. The van der Waals surface area contributed by atoms with Crippen molar-refractivity contribution in [3.8, 4) is 0 Å². The van der Waals surface area contributed by atoms with Gasteiger partial charge in [0.15, 0.2) is 0 Å². The van der Waals surface area contributed by atoms with Gasteiger partial charge in [0.1, 0.15) is 11.4 Å². The summed E-state index contributed by atoms with van der Waals surface area (Å²) in [5.74, 6) is -0.361. The van der Waals surface area contributed by atoms with E-state index in [1.807, 2.05) is 42.5 Å². The fourth-order valence-corrected chi connectivity index (χ4v) is 3.10. The Labute approximate surface area is 158 Å². The van der Waals surface area contributed by atoms with E-state index in [0.29, 0.717) is 12.1 Å². The summed E-state index contributed by atoms with van der Waals surface area (Å²) in [5.41, 5.74) is 0.482. The molecule has 0 heterocycles. The third-order valence-corrected chi connectivity index (χ3v) is 4.80. The number of carbonyl (C=O) groups is 1. The smallest absolute Gasteiger partial charge is 0.315 e. The zero-order valence-electron chi connectivity index (χ0n) is 15.5. The quantitative estimate of drug-likeness (QED) is 0.682. The van der Waals surface area contributed by atoms with Gasteiger partial charge in [0.05, 0.1) is 6.54 Å². The van der Waals surface area contributed by atoms with Crippen LogP contribution in [-0.2, 0) is 16.9 Å². The summed E-state index contributed by atoms with van der Waals surface area (Å²) in [4.78, 5) is 12.3. The summed E-state index contributed by atoms with van der Waals surface area (Å²) in [6.07, 6.45) is 0. The first-order valence-corrected chi connectivity index (χ1v) is 8.82. The van der Waals surface area contributed by atoms with E-state index in [1.54, 1.807) is 25.1 Å². The fourth-order valence-electron chi connectivity index (χ4n) is 3.10. The lowest BCUT2D eigenvalue weighted by Crippen LogP contribution is -2.44. The number of rotatable bonds is 6. The van der Waals surface area contributed by atoms with Gasteiger partial charge in [0.25, 0.3) is 0 Å². The lowest BCUT2D eigenvalue weighted by atomic mass is 9.95. The molecule has 0 aliphatic rings. The van der Waals surface area contributed by atoms with Gasteiger partial charge in [-0.1, -0.05) is 60.7 Å². The number of methoxy groups -OCH3 is 1. The maximum atomic E-state index is 14.1. The van der Waals surface area contributed by atoms with Crippen LogP contribution in [0.25, 0.3) is 10.8 Å². The van der Waals surface area contributed by atoms with Crippen LogP contribution in [0.15, 0.2) is 66.7 Å². The van der Waals surface area contributed by atoms with Crippen LogP contribution >= 0.6 is 0 Å². The number of carbonyl (C=O) groups excluding carboxylic acids is 1. The predicted molar refractivity (Wildman–Crippen MR) is 105 cm³/mol. The van der Waals surface area contributed by atoms with Gasteiger partial charge in [-0.05, 0) is 29.3 Å². The molecule has 0 aliphatic carbocycles. The number of amides is 2. The molecule has 5 heteroatoms. The van der Waals surface area contributed by atoms with Gasteiger partial charge in [0, 0.05) is 19.2 Å². The first kappa shape index (κ1) is 18.9. The van der Waals surface area contributed by atoms with Crippen molar-refractivity contribution in [1.29, 1.82) is 0 Å². The largest absolute Gasteiger partial charge is 0.372 e. The Morgan fingerprint density at radius 2 is 1.70 bits per heavy atom. The van der Waals surface area contributed by atoms with Crippen molar-refractivity contribution in [1.82, 2.24) is 10.6 Å². The number of fused-ring (bicyclic) bond motifs is 1. The molecule has 2 amide bonds. The molecular weight excluding hydrogens is 343 g/mol. The average Bonchev–Trinajstić information content (AvgIpc) is 2.70. The Balaban J connectivity index is 1.63. The second-order valence-corrected chi connectivity index (χ2v) is 6.59. The van der Waals surface area contributed by atoms with Crippen LogP contribution in [0.2, 0.25) is 0 Å². The summed E-state index contributed by atoms with van der Waals surface area (Å²) < 4.78 is 19.6. The van der Waals surface area contributed by atoms with Gasteiger partial charge in [-0.2, -0.15) is 0 Å². The molecule has 0 radical (unpaired) electrons. The van der Waals surface area contributed by atoms with Crippen LogP contribution in [0, 0.1) is 5.82 Å². The highest BCUT2D eigenvalue weighted by Crippen LogP contribution is 2.26. The molecule has 1 atom stereocenters. The van der Waals surface area contributed by atoms with Crippen molar-refractivity contribution in [2.45, 2.75) is 19.1 Å². The van der Waals surface area contributed by atoms with Crippen molar-refractivity contribution in [3.63, 3.8) is 0 Å². The molecule has 0 aliphatic heterocycles. The molecule has 0 bridgehead atoms. The van der Waals surface area contributed by atoms with Crippen molar-refractivity contribution >= 4 is 16.8 Å². The standard InChI is InChI=1S/C22H23FN2O2/c1-22(27-2,19-12-5-6-13-20(19)23)15-25-21(26)24-14-17-10-7-9-16-8-3-4-11-18(16)17/h3-13H,14-15H2,1-2H3,(H2,24,25,26). The van der Waals surface area contributed by atoms with E-state index in [0.717, 1.165) is 16.3 Å². The Bertz CT molecular complexity index is 939. The van der Waals surface area contributed by atoms with Crippen LogP contribution in [0.4, 0.5) is 9.18 Å². The summed E-state index contributed by atoms with van der Waals surface area (Å²) in [7, 11) is 1.50. The molecule has 0 saturated carbocycles. The van der Waals surface area contributed by atoms with Crippen molar-refractivity contribution in [2.24, 2.45) is 0 Å². The maximum absolute atomic E-state index is 14.1. The van der Waals surface area contributed by atoms with Crippen molar-refractivity contribution < 1.29 is 13.9 Å². The molecule has 2 N–H and O–H groups in total. The van der Waals surface area contributed by atoms with E-state index in [1.165, 1.54) is 13.2 Å². The second-order valence-electron chi connectivity index (χ2n) is 6.59. The monoisotopic (exact) mass is 366 g/mol. The molecule has 0 spiro atoms. The zero-order chi connectivity index (χ0) is 19.3. The van der Waals surface area contributed by atoms with E-state index < -0.39 is 5.60 Å². The van der Waals surface area contributed by atoms with Crippen LogP contribution in [0.5, 0.6) is 0 Å². The number of nitrogens with one attached hydrogen (secondary N) is 2. The molecule has 0 fully saturated rings. The van der Waals surface area contributed by atoms with Crippen molar-refractivity contribution in [3.05, 3.63) is 83.7 Å². The lowest BCUT2D eigenvalue weighted by molar-refractivity contribution is 0.00203. The number of hydrogen-bond acceptors (Lipinski definition) is 2. The number of urea groups is 1. The van der Waals surface area contributed by atoms with Gasteiger partial charge < -0.3 is 15.4 Å². The van der Waals surface area contributed by atoms with Gasteiger partial charge >= 0.3 is 6.03 Å². The summed E-state index contributed by atoms with van der Waals surface area (Å²) >= 11 is 0. The molecular formula is C22H23FN2O2. The highest BCUT2D eigenvalue weighted by molar-refractivity contribution is 5.86. The van der Waals surface area contributed by atoms with E-state index in [2.05, 4.69) is 10.6 Å². The topological polar surface area (TPSA) is 50.4 Å². The normalized spacial score (nSPS) is 13.1. The van der Waals surface area contributed by atoms with Gasteiger partial charge in [-0.3, -0.25) is 0 Å². The van der Waals surface area contributed by atoms with E-state index in [9.17, 15) is 9.18 Å². The third kappa shape index (κ3) is 4.26. The molecule has 1 unspecified atom stereocenters. The van der Waals surface area contributed by atoms with Crippen LogP contribution in [-0.4, -0.2) is 19.7 Å². The first-order valence-electron chi connectivity index (χ1n) is 8.82. The second kappa shape index (κ2) is 8.18. The predicted octanol–water partition coefficient (Wildman–Crippen LogP) is 4.34. The van der Waals surface area contributed by atoms with E-state index in [-0.39, 0.29) is 18.4 Å². The molecule has 0 saturated heterocycles. The van der Waals surface area contributed by atoms with E-state index >= 15 is 0 Å². The van der Waals surface area contributed by atoms with Crippen LogP contribution in [0.1, 0.15) is 18.1 Å². The molecule has 27 heavy (non-hydrogen) atoms. The number of hydrogen-bond donors (Lipinski definition) is 2. The summed E-state index contributed by atoms with van der Waals surface area (Å²) in [6.45, 7) is 2.29. The number of ether oxygens (including phenoxy) is 1. The average molecular weight is 366 g/mol. The first-order chi connectivity index (χ1) is 13.0. The Morgan fingerprint density at radius 3 is 2.48 bits per heavy atom. The Morgan fingerprint density at radius 1 is 1.00 bits per heavy atom. The van der Waals surface area contributed by atoms with Crippen molar-refractivity contribution in [2.75, 3.05) is 13.7 Å². The maximum Gasteiger partial charge on any atom is 0.315 e. The minimum absolute atomic E-state index is 0.145. The van der Waals surface area contributed by atoms with E-state index in [4.69, 9.17) is 4.74 Å². The SMILES string of the molecule is COC(C)(CNC(=O)NCc1cccc2ccccc12)c1ccccc1F. The molecule has 4 nitrogen and oxygen atoms in total. The number of benzene rings is 3. The van der Waals surface area contributed by atoms with Gasteiger partial charge in [0.2, 0.25) is 0 Å². The Hall–Kier alpha value is -2.92. The third-order valence-electron chi connectivity index (χ3n) is 4.80. The molecule has 3 aromatic carbocycles. The van der Waals surface area contributed by atoms with Crippen LogP contribution < -0.4 is 10.6 Å². The molecule has 3 rings (SSSR count). The fraction of sp³-hybridized carbons (Fsp3) is 0.227. The highest BCUT2D eigenvalue weighted by Gasteiger charge is 2.29. The molecule has 3 aromatic rings. The van der Waals surface area contributed by atoms with Gasteiger partial charge in [-0.25, -0.2) is 9.18 Å². The van der Waals surface area contributed by atoms with Crippen LogP contribution in [0.3, 0.4) is 0 Å². The highest BCUT2D eigenvalue weighted by atomic mass is 19.1. The zero-order valence-corrected chi connectivity index (χ0v) is 15.5. The minimum atomic E-state index is -0.956. The number of halogens is 1. The summed E-state index contributed by atoms with van der Waals surface area (Å²) in [6, 6.07) is 20.1. The lowest BCUT2D eigenvalue weighted by Gasteiger charge is -2.29. The molecule has 140 valence electrons. The minimum Gasteiger partial charge on any atom is -0.372 e. The Kier molecular flexibility index (Phi) is 5.72. The van der Waals surface area contributed by atoms with Gasteiger partial charge in [-0.15, -0.1) is 0 Å².